The second-order valence-electron chi connectivity index (χ2n) is 6.96. The summed E-state index contributed by atoms with van der Waals surface area (Å²) in [6.07, 6.45) is 4.78. The number of hydrogen-bond donors (Lipinski definition) is 0. The van der Waals surface area contributed by atoms with Crippen LogP contribution < -0.4 is 4.74 Å². The zero-order valence-electron chi connectivity index (χ0n) is 14.9. The van der Waals surface area contributed by atoms with Gasteiger partial charge in [0.05, 0.1) is 18.5 Å². The fourth-order valence-corrected chi connectivity index (χ4v) is 3.13. The molecule has 2 heterocycles. The maximum absolute atomic E-state index is 6.03. The van der Waals surface area contributed by atoms with Crippen molar-refractivity contribution in [2.45, 2.75) is 34.1 Å². The Hall–Kier alpha value is -2.36. The largest absolute Gasteiger partial charge is 0.493 e. The van der Waals surface area contributed by atoms with Crippen LogP contribution in [0.25, 0.3) is 16.9 Å². The summed E-state index contributed by atoms with van der Waals surface area (Å²) in [6, 6.07) is 10.2. The Morgan fingerprint density at radius 1 is 1.08 bits per heavy atom. The molecule has 4 nitrogen and oxygen atoms in total. The molecule has 0 aliphatic rings. The minimum atomic E-state index is 0.563. The molecule has 0 radical (unpaired) electrons. The first-order valence-electron chi connectivity index (χ1n) is 8.57. The predicted molar refractivity (Wildman–Crippen MR) is 97.3 cm³/mol. The molecule has 0 saturated heterocycles. The second kappa shape index (κ2) is 7.04. The highest BCUT2D eigenvalue weighted by molar-refractivity contribution is 5.64. The molecule has 0 amide bonds. The Morgan fingerprint density at radius 2 is 1.92 bits per heavy atom. The van der Waals surface area contributed by atoms with E-state index in [0.29, 0.717) is 11.8 Å². The lowest BCUT2D eigenvalue weighted by atomic mass is 10.00. The molecule has 1 aromatic carbocycles. The normalized spacial score (nSPS) is 12.7. The summed E-state index contributed by atoms with van der Waals surface area (Å²) in [5, 5.41) is 4.36. The zero-order valence-corrected chi connectivity index (χ0v) is 14.9. The first-order valence-corrected chi connectivity index (χ1v) is 8.57. The lowest BCUT2D eigenvalue weighted by Gasteiger charge is -2.16. The molecule has 0 N–H and O–H groups in total. The molecule has 0 saturated carbocycles. The van der Waals surface area contributed by atoms with Crippen LogP contribution in [0.2, 0.25) is 0 Å². The van der Waals surface area contributed by atoms with Crippen LogP contribution in [-0.4, -0.2) is 21.2 Å². The summed E-state index contributed by atoms with van der Waals surface area (Å²) in [7, 11) is 0. The van der Waals surface area contributed by atoms with E-state index in [-0.39, 0.29) is 0 Å². The van der Waals surface area contributed by atoms with Crippen LogP contribution in [0.1, 0.15) is 32.8 Å². The summed E-state index contributed by atoms with van der Waals surface area (Å²) in [5.41, 5.74) is 4.15. The Labute approximate surface area is 143 Å². The SMILES string of the molecule is Cc1cc(-c2ccnc3ccnn23)ccc1OCC(C)CC(C)C. The maximum Gasteiger partial charge on any atom is 0.155 e. The van der Waals surface area contributed by atoms with Gasteiger partial charge in [-0.15, -0.1) is 0 Å². The van der Waals surface area contributed by atoms with Crippen LogP contribution >= 0.6 is 0 Å². The molecular formula is C20H25N3O. The molecule has 4 heteroatoms. The molecule has 0 spiro atoms. The van der Waals surface area contributed by atoms with E-state index in [4.69, 9.17) is 4.74 Å². The van der Waals surface area contributed by atoms with Crippen molar-refractivity contribution in [3.05, 3.63) is 48.3 Å². The Bertz CT molecular complexity index is 823. The van der Waals surface area contributed by atoms with Crippen molar-refractivity contribution in [1.29, 1.82) is 0 Å². The van der Waals surface area contributed by atoms with Crippen LogP contribution in [0.15, 0.2) is 42.7 Å². The summed E-state index contributed by atoms with van der Waals surface area (Å²) in [5.74, 6) is 2.23. The average Bonchev–Trinajstić information content (AvgIpc) is 3.01. The number of fused-ring (bicyclic) bond motifs is 1. The van der Waals surface area contributed by atoms with E-state index in [9.17, 15) is 0 Å². The van der Waals surface area contributed by atoms with Gasteiger partial charge in [0.2, 0.25) is 0 Å². The van der Waals surface area contributed by atoms with Crippen molar-refractivity contribution < 1.29 is 4.74 Å². The van der Waals surface area contributed by atoms with Gasteiger partial charge in [0.1, 0.15) is 5.75 Å². The van der Waals surface area contributed by atoms with E-state index in [1.54, 1.807) is 6.20 Å². The van der Waals surface area contributed by atoms with Crippen LogP contribution in [0.5, 0.6) is 5.75 Å². The minimum Gasteiger partial charge on any atom is -0.493 e. The molecule has 0 bridgehead atoms. The number of aryl methyl sites for hydroxylation is 1. The number of hydrogen-bond acceptors (Lipinski definition) is 3. The fraction of sp³-hybridized carbons (Fsp3) is 0.400. The molecule has 2 aromatic heterocycles. The van der Waals surface area contributed by atoms with E-state index in [0.717, 1.165) is 34.8 Å². The van der Waals surface area contributed by atoms with Crippen molar-refractivity contribution in [3.63, 3.8) is 0 Å². The highest BCUT2D eigenvalue weighted by Gasteiger charge is 2.10. The Balaban J connectivity index is 1.79. The van der Waals surface area contributed by atoms with Gasteiger partial charge in [0.25, 0.3) is 0 Å². The van der Waals surface area contributed by atoms with Gasteiger partial charge >= 0.3 is 0 Å². The van der Waals surface area contributed by atoms with Crippen LogP contribution in [0, 0.1) is 18.8 Å². The van der Waals surface area contributed by atoms with E-state index in [1.807, 2.05) is 22.8 Å². The smallest absolute Gasteiger partial charge is 0.155 e. The zero-order chi connectivity index (χ0) is 17.1. The lowest BCUT2D eigenvalue weighted by Crippen LogP contribution is -2.11. The van der Waals surface area contributed by atoms with Crippen molar-refractivity contribution >= 4 is 5.65 Å². The summed E-state index contributed by atoms with van der Waals surface area (Å²) in [4.78, 5) is 4.32. The molecule has 1 atom stereocenters. The van der Waals surface area contributed by atoms with Gasteiger partial charge in [-0.3, -0.25) is 0 Å². The third kappa shape index (κ3) is 3.58. The van der Waals surface area contributed by atoms with E-state index < -0.39 is 0 Å². The number of rotatable bonds is 6. The molecule has 0 aliphatic heterocycles. The Kier molecular flexibility index (Phi) is 4.84. The van der Waals surface area contributed by atoms with Gasteiger partial charge in [0, 0.05) is 17.8 Å². The summed E-state index contributed by atoms with van der Waals surface area (Å²) in [6.45, 7) is 9.60. The van der Waals surface area contributed by atoms with Crippen LogP contribution in [0.3, 0.4) is 0 Å². The first-order chi connectivity index (χ1) is 11.5. The van der Waals surface area contributed by atoms with Gasteiger partial charge in [-0.25, -0.2) is 9.50 Å². The number of nitrogens with zero attached hydrogens (tertiary/aromatic N) is 3. The van der Waals surface area contributed by atoms with E-state index in [2.05, 4.69) is 56.0 Å². The second-order valence-corrected chi connectivity index (χ2v) is 6.96. The molecule has 24 heavy (non-hydrogen) atoms. The van der Waals surface area contributed by atoms with Crippen LogP contribution in [-0.2, 0) is 0 Å². The lowest BCUT2D eigenvalue weighted by molar-refractivity contribution is 0.238. The number of benzene rings is 1. The first kappa shape index (κ1) is 16.5. The third-order valence-corrected chi connectivity index (χ3v) is 4.16. The average molecular weight is 323 g/mol. The maximum atomic E-state index is 6.03. The Morgan fingerprint density at radius 3 is 2.67 bits per heavy atom. The monoisotopic (exact) mass is 323 g/mol. The minimum absolute atomic E-state index is 0.563. The molecule has 1 unspecified atom stereocenters. The van der Waals surface area contributed by atoms with Crippen LogP contribution in [0.4, 0.5) is 0 Å². The van der Waals surface area contributed by atoms with Gasteiger partial charge < -0.3 is 4.74 Å². The van der Waals surface area contributed by atoms with Crippen molar-refractivity contribution in [2.75, 3.05) is 6.61 Å². The predicted octanol–water partition coefficient (Wildman–Crippen LogP) is 4.77. The fourth-order valence-electron chi connectivity index (χ4n) is 3.13. The topological polar surface area (TPSA) is 39.4 Å². The molecule has 3 aromatic rings. The molecule has 0 aliphatic carbocycles. The molecule has 0 fully saturated rings. The number of aromatic nitrogens is 3. The van der Waals surface area contributed by atoms with Gasteiger partial charge in [0.15, 0.2) is 5.65 Å². The van der Waals surface area contributed by atoms with Gasteiger partial charge in [-0.2, -0.15) is 5.10 Å². The van der Waals surface area contributed by atoms with E-state index in [1.165, 1.54) is 6.42 Å². The van der Waals surface area contributed by atoms with E-state index >= 15 is 0 Å². The van der Waals surface area contributed by atoms with Crippen molar-refractivity contribution in [2.24, 2.45) is 11.8 Å². The van der Waals surface area contributed by atoms with Crippen molar-refractivity contribution in [1.82, 2.24) is 14.6 Å². The number of ether oxygens (including phenoxy) is 1. The third-order valence-electron chi connectivity index (χ3n) is 4.16. The molecule has 126 valence electrons. The summed E-state index contributed by atoms with van der Waals surface area (Å²) >= 11 is 0. The molecule has 3 rings (SSSR count). The highest BCUT2D eigenvalue weighted by atomic mass is 16.5. The summed E-state index contributed by atoms with van der Waals surface area (Å²) < 4.78 is 7.89. The standard InChI is InChI=1S/C20H25N3O/c1-14(2)11-15(3)13-24-19-6-5-17(12-16(19)4)18-7-9-21-20-8-10-22-23(18)20/h5-10,12,14-15H,11,13H2,1-4H3. The quantitative estimate of drug-likeness (QED) is 0.656. The highest BCUT2D eigenvalue weighted by Crippen LogP contribution is 2.27. The van der Waals surface area contributed by atoms with Gasteiger partial charge in [-0.05, 0) is 55.0 Å². The van der Waals surface area contributed by atoms with Gasteiger partial charge in [-0.1, -0.05) is 20.8 Å². The molecular weight excluding hydrogens is 298 g/mol. The van der Waals surface area contributed by atoms with Crippen molar-refractivity contribution in [3.8, 4) is 17.0 Å².